The van der Waals surface area contributed by atoms with Crippen molar-refractivity contribution in [3.8, 4) is 0 Å². The molecule has 0 aromatic rings. The Hall–Kier alpha value is -2.82. The SMILES string of the molecule is CC(=O)CN1CCN(C(=O)Cl)C(=O)C1=O.CC(=O)CN1CCNC(=O)C1=O. The van der Waals surface area contributed by atoms with Crippen molar-refractivity contribution in [3.05, 3.63) is 0 Å². The van der Waals surface area contributed by atoms with Gasteiger partial charge in [0.2, 0.25) is 0 Å². The Kier molecular flexibility index (Phi) is 8.03. The molecule has 0 radical (unpaired) electrons. The van der Waals surface area contributed by atoms with Gasteiger partial charge in [0.25, 0.3) is 0 Å². The van der Waals surface area contributed by atoms with Gasteiger partial charge in [-0.05, 0) is 25.4 Å². The molecule has 2 aliphatic rings. The first kappa shape index (κ1) is 22.2. The van der Waals surface area contributed by atoms with Gasteiger partial charge in [-0.3, -0.25) is 38.5 Å². The molecule has 0 spiro atoms. The van der Waals surface area contributed by atoms with Gasteiger partial charge >= 0.3 is 29.0 Å². The van der Waals surface area contributed by atoms with Gasteiger partial charge in [0.1, 0.15) is 11.6 Å². The first-order valence-electron chi connectivity index (χ1n) is 7.90. The highest BCUT2D eigenvalue weighted by atomic mass is 35.5. The smallest absolute Gasteiger partial charge is 0.323 e. The third-order valence-electron chi connectivity index (χ3n) is 3.50. The summed E-state index contributed by atoms with van der Waals surface area (Å²) in [6.07, 6.45) is 0. The summed E-state index contributed by atoms with van der Waals surface area (Å²) in [4.78, 5) is 79.5. The molecule has 2 rings (SSSR count). The number of ketones is 2. The van der Waals surface area contributed by atoms with Crippen LogP contribution in [0.15, 0.2) is 0 Å². The van der Waals surface area contributed by atoms with Crippen LogP contribution in [0.1, 0.15) is 13.8 Å². The zero-order valence-electron chi connectivity index (χ0n) is 14.8. The Balaban J connectivity index is 0.000000277. The molecule has 0 unspecified atom stereocenters. The predicted octanol–water partition coefficient (Wildman–Crippen LogP) is -1.86. The van der Waals surface area contributed by atoms with E-state index in [1.807, 2.05) is 0 Å². The number of hydrogen-bond acceptors (Lipinski definition) is 7. The highest BCUT2D eigenvalue weighted by Gasteiger charge is 2.35. The molecule has 0 saturated carbocycles. The summed E-state index contributed by atoms with van der Waals surface area (Å²) in [5.41, 5.74) is 0. The number of amides is 5. The van der Waals surface area contributed by atoms with Crippen LogP contribution in [0.2, 0.25) is 0 Å². The van der Waals surface area contributed by atoms with Crippen LogP contribution >= 0.6 is 11.6 Å². The standard InChI is InChI=1S/C8H9ClN2O4.C7H10N2O3/c1-5(12)4-10-2-3-11(8(9)15)7(14)6(10)13;1-5(10)4-9-3-2-8-6(11)7(9)12/h2-4H2,1H3;2-4H2,1H3,(H,8,11). The van der Waals surface area contributed by atoms with Gasteiger partial charge in [-0.25, -0.2) is 0 Å². The zero-order chi connectivity index (χ0) is 20.7. The van der Waals surface area contributed by atoms with Crippen LogP contribution in [0.3, 0.4) is 0 Å². The molecule has 2 fully saturated rings. The Labute approximate surface area is 159 Å². The van der Waals surface area contributed by atoms with E-state index in [9.17, 15) is 33.6 Å². The van der Waals surface area contributed by atoms with Crippen LogP contribution < -0.4 is 5.32 Å². The summed E-state index contributed by atoms with van der Waals surface area (Å²) in [6, 6.07) is 0. The molecule has 148 valence electrons. The maximum absolute atomic E-state index is 11.3. The second kappa shape index (κ2) is 9.76. The van der Waals surface area contributed by atoms with Crippen molar-refractivity contribution in [2.24, 2.45) is 0 Å². The maximum Gasteiger partial charge on any atom is 0.323 e. The average molecular weight is 403 g/mol. The van der Waals surface area contributed by atoms with Crippen molar-refractivity contribution in [1.29, 1.82) is 0 Å². The first-order valence-corrected chi connectivity index (χ1v) is 8.28. The van der Waals surface area contributed by atoms with E-state index < -0.39 is 29.0 Å². The summed E-state index contributed by atoms with van der Waals surface area (Å²) in [5.74, 6) is -3.42. The Bertz CT molecular complexity index is 694. The molecule has 12 heteroatoms. The highest BCUT2D eigenvalue weighted by molar-refractivity contribution is 6.65. The minimum absolute atomic E-state index is 0.0280. The van der Waals surface area contributed by atoms with Crippen LogP contribution in [0.25, 0.3) is 0 Å². The van der Waals surface area contributed by atoms with Crippen molar-refractivity contribution < 1.29 is 33.6 Å². The van der Waals surface area contributed by atoms with Gasteiger partial charge in [-0.2, -0.15) is 0 Å². The number of halogens is 1. The molecule has 5 amide bonds. The molecule has 0 aromatic carbocycles. The van der Waals surface area contributed by atoms with Crippen molar-refractivity contribution in [2.75, 3.05) is 39.3 Å². The number of carbonyl (C=O) groups excluding carboxylic acids is 7. The Morgan fingerprint density at radius 3 is 1.85 bits per heavy atom. The van der Waals surface area contributed by atoms with E-state index in [-0.39, 0.29) is 37.7 Å². The van der Waals surface area contributed by atoms with E-state index in [1.165, 1.54) is 18.7 Å². The van der Waals surface area contributed by atoms with Gasteiger partial charge in [-0.1, -0.05) is 0 Å². The molecule has 0 aliphatic carbocycles. The minimum Gasteiger partial charge on any atom is -0.346 e. The van der Waals surface area contributed by atoms with Crippen molar-refractivity contribution in [1.82, 2.24) is 20.0 Å². The van der Waals surface area contributed by atoms with Crippen LogP contribution in [0.4, 0.5) is 4.79 Å². The number of nitrogens with one attached hydrogen (secondary N) is 1. The predicted molar refractivity (Wildman–Crippen MR) is 90.5 cm³/mol. The number of hydrogen-bond donors (Lipinski definition) is 1. The van der Waals surface area contributed by atoms with Gasteiger partial charge in [0, 0.05) is 26.2 Å². The van der Waals surface area contributed by atoms with E-state index in [0.717, 1.165) is 4.90 Å². The Morgan fingerprint density at radius 1 is 0.852 bits per heavy atom. The first-order chi connectivity index (χ1) is 12.5. The molecular formula is C15H19ClN4O7. The number of rotatable bonds is 4. The van der Waals surface area contributed by atoms with Gasteiger partial charge in [0.15, 0.2) is 0 Å². The number of Topliss-reactive ketones (excluding diaryl/α,β-unsaturated/α-hetero) is 2. The minimum atomic E-state index is -0.984. The third-order valence-corrected chi connectivity index (χ3v) is 3.70. The molecule has 2 aliphatic heterocycles. The quantitative estimate of drug-likeness (QED) is 0.330. The van der Waals surface area contributed by atoms with E-state index >= 15 is 0 Å². The van der Waals surface area contributed by atoms with Crippen molar-refractivity contribution >= 4 is 52.2 Å². The van der Waals surface area contributed by atoms with Crippen LogP contribution in [-0.4, -0.2) is 94.5 Å². The summed E-state index contributed by atoms with van der Waals surface area (Å²) < 4.78 is 0. The molecule has 0 aromatic heterocycles. The largest absolute Gasteiger partial charge is 0.346 e. The van der Waals surface area contributed by atoms with Gasteiger partial charge < -0.3 is 15.1 Å². The summed E-state index contributed by atoms with van der Waals surface area (Å²) in [5, 5.41) is 1.42. The highest BCUT2D eigenvalue weighted by Crippen LogP contribution is 2.07. The second-order valence-corrected chi connectivity index (χ2v) is 6.15. The number of nitrogens with zero attached hydrogens (tertiary/aromatic N) is 3. The molecular weight excluding hydrogens is 384 g/mol. The Morgan fingerprint density at radius 2 is 1.37 bits per heavy atom. The number of carbonyl (C=O) groups is 7. The monoisotopic (exact) mass is 402 g/mol. The van der Waals surface area contributed by atoms with E-state index in [4.69, 9.17) is 11.6 Å². The molecule has 2 heterocycles. The molecule has 0 atom stereocenters. The maximum atomic E-state index is 11.3. The van der Waals surface area contributed by atoms with E-state index in [0.29, 0.717) is 18.0 Å². The van der Waals surface area contributed by atoms with Gasteiger partial charge in [-0.15, -0.1) is 0 Å². The fourth-order valence-corrected chi connectivity index (χ4v) is 2.47. The summed E-state index contributed by atoms with van der Waals surface area (Å²) >= 11 is 5.10. The topological polar surface area (TPSA) is 141 Å². The summed E-state index contributed by atoms with van der Waals surface area (Å²) in [6.45, 7) is 3.64. The lowest BCUT2D eigenvalue weighted by molar-refractivity contribution is -0.154. The second-order valence-electron chi connectivity index (χ2n) is 5.82. The lowest BCUT2D eigenvalue weighted by Crippen LogP contribution is -2.55. The number of piperazine rings is 2. The zero-order valence-corrected chi connectivity index (χ0v) is 15.6. The number of imide groups is 1. The molecule has 27 heavy (non-hydrogen) atoms. The lowest BCUT2D eigenvalue weighted by atomic mass is 10.3. The van der Waals surface area contributed by atoms with Crippen molar-refractivity contribution in [3.63, 3.8) is 0 Å². The van der Waals surface area contributed by atoms with Gasteiger partial charge in [0.05, 0.1) is 13.1 Å². The fraction of sp³-hybridized carbons (Fsp3) is 0.533. The normalized spacial score (nSPS) is 17.2. The molecule has 2 saturated heterocycles. The van der Waals surface area contributed by atoms with E-state index in [2.05, 4.69) is 5.32 Å². The fourth-order valence-electron chi connectivity index (χ4n) is 2.31. The third kappa shape index (κ3) is 6.44. The van der Waals surface area contributed by atoms with Crippen LogP contribution in [-0.2, 0) is 28.8 Å². The average Bonchev–Trinajstić information content (AvgIpc) is 2.56. The lowest BCUT2D eigenvalue weighted by Gasteiger charge is -2.30. The van der Waals surface area contributed by atoms with Crippen LogP contribution in [0.5, 0.6) is 0 Å². The molecule has 11 nitrogen and oxygen atoms in total. The van der Waals surface area contributed by atoms with E-state index in [1.54, 1.807) is 0 Å². The summed E-state index contributed by atoms with van der Waals surface area (Å²) in [7, 11) is 0. The van der Waals surface area contributed by atoms with Crippen molar-refractivity contribution in [2.45, 2.75) is 13.8 Å². The molecule has 0 bridgehead atoms. The van der Waals surface area contributed by atoms with Crippen LogP contribution in [0, 0.1) is 0 Å². The molecule has 1 N–H and O–H groups in total.